The van der Waals surface area contributed by atoms with Crippen LogP contribution in [0.1, 0.15) is 5.56 Å². The fourth-order valence-corrected chi connectivity index (χ4v) is 1.65. The summed E-state index contributed by atoms with van der Waals surface area (Å²) in [5.41, 5.74) is 2.31. The van der Waals surface area contributed by atoms with Gasteiger partial charge in [-0.2, -0.15) is 0 Å². The van der Waals surface area contributed by atoms with E-state index < -0.39 is 0 Å². The first-order valence-corrected chi connectivity index (χ1v) is 4.95. The number of rotatable bonds is 2. The monoisotopic (exact) mass is 189 g/mol. The number of benzene rings is 1. The molecule has 1 saturated heterocycles. The van der Waals surface area contributed by atoms with E-state index in [-0.39, 0.29) is 0 Å². The highest BCUT2D eigenvalue weighted by Gasteiger charge is 2.12. The molecule has 0 bridgehead atoms. The van der Waals surface area contributed by atoms with Crippen LogP contribution >= 0.6 is 0 Å². The van der Waals surface area contributed by atoms with Crippen molar-refractivity contribution >= 4 is 5.70 Å². The summed E-state index contributed by atoms with van der Waals surface area (Å²) >= 11 is 0. The molecule has 0 atom stereocenters. The Labute approximate surface area is 84.8 Å². The molecule has 1 aliphatic heterocycles. The normalized spacial score (nSPS) is 16.7. The molecule has 0 saturated carbocycles. The number of nitrogens with zero attached hydrogens (tertiary/aromatic N) is 1. The van der Waals surface area contributed by atoms with Crippen LogP contribution in [-0.2, 0) is 4.74 Å². The highest BCUT2D eigenvalue weighted by Crippen LogP contribution is 2.17. The first kappa shape index (κ1) is 9.28. The van der Waals surface area contributed by atoms with Gasteiger partial charge in [0, 0.05) is 18.8 Å². The number of hydrogen-bond acceptors (Lipinski definition) is 2. The Morgan fingerprint density at radius 2 is 1.79 bits per heavy atom. The average molecular weight is 189 g/mol. The molecule has 0 unspecified atom stereocenters. The maximum atomic E-state index is 5.30. The van der Waals surface area contributed by atoms with Crippen LogP contribution in [0.3, 0.4) is 0 Å². The van der Waals surface area contributed by atoms with Crippen LogP contribution in [0.5, 0.6) is 0 Å². The predicted molar refractivity (Wildman–Crippen MR) is 57.9 cm³/mol. The highest BCUT2D eigenvalue weighted by molar-refractivity contribution is 5.61. The number of ether oxygens (including phenoxy) is 1. The van der Waals surface area contributed by atoms with Crippen LogP contribution in [0.2, 0.25) is 0 Å². The molecule has 1 aromatic rings. The van der Waals surface area contributed by atoms with Crippen LogP contribution in [0.25, 0.3) is 5.70 Å². The first-order chi connectivity index (χ1) is 6.88. The second-order valence-corrected chi connectivity index (χ2v) is 3.41. The molecule has 0 radical (unpaired) electrons. The minimum Gasteiger partial charge on any atom is -0.378 e. The Hall–Kier alpha value is -1.28. The molecule has 2 nitrogen and oxygen atoms in total. The third-order valence-electron chi connectivity index (χ3n) is 2.50. The van der Waals surface area contributed by atoms with Crippen molar-refractivity contribution in [3.63, 3.8) is 0 Å². The third kappa shape index (κ3) is 1.96. The van der Waals surface area contributed by atoms with Crippen LogP contribution in [0.15, 0.2) is 36.9 Å². The molecule has 1 heterocycles. The van der Waals surface area contributed by atoms with E-state index in [1.165, 1.54) is 5.56 Å². The lowest BCUT2D eigenvalue weighted by atomic mass is 10.1. The number of hydrogen-bond donors (Lipinski definition) is 0. The minimum absolute atomic E-state index is 0.811. The van der Waals surface area contributed by atoms with Crippen molar-refractivity contribution in [2.75, 3.05) is 26.3 Å². The molecular formula is C12H15NO. The molecular weight excluding hydrogens is 174 g/mol. The Morgan fingerprint density at radius 1 is 1.14 bits per heavy atom. The van der Waals surface area contributed by atoms with Gasteiger partial charge in [0.05, 0.1) is 13.2 Å². The zero-order valence-corrected chi connectivity index (χ0v) is 8.28. The smallest absolute Gasteiger partial charge is 0.0642 e. The Balaban J connectivity index is 2.07. The van der Waals surface area contributed by atoms with Crippen molar-refractivity contribution in [2.24, 2.45) is 0 Å². The molecule has 74 valence electrons. The Bertz CT molecular complexity index is 301. The molecule has 1 fully saturated rings. The Kier molecular flexibility index (Phi) is 2.84. The SMILES string of the molecule is C=C(c1ccccc1)N1CCOCC1. The van der Waals surface area contributed by atoms with Crippen molar-refractivity contribution in [2.45, 2.75) is 0 Å². The van der Waals surface area contributed by atoms with E-state index in [1.807, 2.05) is 18.2 Å². The van der Waals surface area contributed by atoms with Gasteiger partial charge in [0.1, 0.15) is 0 Å². The standard InChI is InChI=1S/C12H15NO/c1-11(12-5-3-2-4-6-12)13-7-9-14-10-8-13/h2-6H,1,7-10H2. The quantitative estimate of drug-likeness (QED) is 0.705. The fourth-order valence-electron chi connectivity index (χ4n) is 1.65. The van der Waals surface area contributed by atoms with Crippen LogP contribution in [-0.4, -0.2) is 31.2 Å². The van der Waals surface area contributed by atoms with Gasteiger partial charge in [0.15, 0.2) is 0 Å². The van der Waals surface area contributed by atoms with Gasteiger partial charge < -0.3 is 9.64 Å². The topological polar surface area (TPSA) is 12.5 Å². The molecule has 0 aromatic heterocycles. The van der Waals surface area contributed by atoms with E-state index >= 15 is 0 Å². The summed E-state index contributed by atoms with van der Waals surface area (Å²) in [6.07, 6.45) is 0. The molecule has 0 N–H and O–H groups in total. The van der Waals surface area contributed by atoms with Gasteiger partial charge >= 0.3 is 0 Å². The summed E-state index contributed by atoms with van der Waals surface area (Å²) in [5.74, 6) is 0. The Morgan fingerprint density at radius 3 is 2.43 bits per heavy atom. The van der Waals surface area contributed by atoms with Gasteiger partial charge in [0.2, 0.25) is 0 Å². The van der Waals surface area contributed by atoms with E-state index in [0.29, 0.717) is 0 Å². The number of morpholine rings is 1. The second-order valence-electron chi connectivity index (χ2n) is 3.41. The zero-order valence-electron chi connectivity index (χ0n) is 8.28. The maximum Gasteiger partial charge on any atom is 0.0642 e. The van der Waals surface area contributed by atoms with Gasteiger partial charge in [-0.05, 0) is 5.56 Å². The average Bonchev–Trinajstić information content (AvgIpc) is 2.30. The summed E-state index contributed by atoms with van der Waals surface area (Å²) < 4.78 is 5.30. The van der Waals surface area contributed by atoms with Crippen LogP contribution in [0, 0.1) is 0 Å². The maximum absolute atomic E-state index is 5.30. The summed E-state index contributed by atoms with van der Waals surface area (Å²) in [4.78, 5) is 2.28. The lowest BCUT2D eigenvalue weighted by Crippen LogP contribution is -2.34. The zero-order chi connectivity index (χ0) is 9.80. The molecule has 0 spiro atoms. The summed E-state index contributed by atoms with van der Waals surface area (Å²) in [5, 5.41) is 0. The third-order valence-corrected chi connectivity index (χ3v) is 2.50. The summed E-state index contributed by atoms with van der Waals surface area (Å²) in [7, 11) is 0. The lowest BCUT2D eigenvalue weighted by Gasteiger charge is -2.30. The van der Waals surface area contributed by atoms with Crippen molar-refractivity contribution in [3.8, 4) is 0 Å². The van der Waals surface area contributed by atoms with Gasteiger partial charge in [-0.25, -0.2) is 0 Å². The van der Waals surface area contributed by atoms with Crippen molar-refractivity contribution < 1.29 is 4.74 Å². The lowest BCUT2D eigenvalue weighted by molar-refractivity contribution is 0.0641. The van der Waals surface area contributed by atoms with Gasteiger partial charge in [-0.15, -0.1) is 0 Å². The van der Waals surface area contributed by atoms with E-state index in [1.54, 1.807) is 0 Å². The van der Waals surface area contributed by atoms with Crippen molar-refractivity contribution in [1.29, 1.82) is 0 Å². The largest absolute Gasteiger partial charge is 0.378 e. The summed E-state index contributed by atoms with van der Waals surface area (Å²) in [6, 6.07) is 10.3. The van der Waals surface area contributed by atoms with E-state index in [0.717, 1.165) is 32.0 Å². The highest BCUT2D eigenvalue weighted by atomic mass is 16.5. The minimum atomic E-state index is 0.811. The van der Waals surface area contributed by atoms with Crippen LogP contribution < -0.4 is 0 Å². The van der Waals surface area contributed by atoms with E-state index in [2.05, 4.69) is 23.6 Å². The second kappa shape index (κ2) is 4.29. The van der Waals surface area contributed by atoms with Crippen molar-refractivity contribution in [1.82, 2.24) is 4.90 Å². The molecule has 1 aromatic carbocycles. The van der Waals surface area contributed by atoms with Gasteiger partial charge in [-0.1, -0.05) is 36.9 Å². The van der Waals surface area contributed by atoms with Crippen LogP contribution in [0.4, 0.5) is 0 Å². The molecule has 2 heteroatoms. The molecule has 0 aliphatic carbocycles. The molecule has 0 amide bonds. The first-order valence-electron chi connectivity index (χ1n) is 4.95. The van der Waals surface area contributed by atoms with Gasteiger partial charge in [-0.3, -0.25) is 0 Å². The van der Waals surface area contributed by atoms with Crippen molar-refractivity contribution in [3.05, 3.63) is 42.5 Å². The molecule has 14 heavy (non-hydrogen) atoms. The molecule has 2 rings (SSSR count). The molecule has 1 aliphatic rings. The summed E-state index contributed by atoms with van der Waals surface area (Å²) in [6.45, 7) is 7.65. The fraction of sp³-hybridized carbons (Fsp3) is 0.333. The predicted octanol–water partition coefficient (Wildman–Crippen LogP) is 1.99. The van der Waals surface area contributed by atoms with E-state index in [9.17, 15) is 0 Å². The van der Waals surface area contributed by atoms with Gasteiger partial charge in [0.25, 0.3) is 0 Å². The van der Waals surface area contributed by atoms with E-state index in [4.69, 9.17) is 4.74 Å².